The molecule has 0 saturated carbocycles. The van der Waals surface area contributed by atoms with Crippen molar-refractivity contribution in [1.29, 1.82) is 0 Å². The van der Waals surface area contributed by atoms with E-state index in [-0.39, 0.29) is 5.91 Å². The Morgan fingerprint density at radius 3 is 3.00 bits per heavy atom. The van der Waals surface area contributed by atoms with Gasteiger partial charge in [0.2, 0.25) is 5.91 Å². The number of nitrogens with one attached hydrogen (secondary N) is 1. The molecule has 45 valence electrons. The second kappa shape index (κ2) is 2.16. The highest BCUT2D eigenvalue weighted by atomic mass is 16.1. The van der Waals surface area contributed by atoms with Crippen LogP contribution in [-0.2, 0) is 4.79 Å². The van der Waals surface area contributed by atoms with Crippen LogP contribution in [0.5, 0.6) is 0 Å². The van der Waals surface area contributed by atoms with Crippen LogP contribution in [0.15, 0.2) is 0 Å². The van der Waals surface area contributed by atoms with Crippen molar-refractivity contribution in [1.82, 2.24) is 5.32 Å². The molecule has 8 heavy (non-hydrogen) atoms. The van der Waals surface area contributed by atoms with Gasteiger partial charge in [0.1, 0.15) is 0 Å². The van der Waals surface area contributed by atoms with Gasteiger partial charge in [0, 0.05) is 6.42 Å². The van der Waals surface area contributed by atoms with E-state index in [1.54, 1.807) is 0 Å². The summed E-state index contributed by atoms with van der Waals surface area (Å²) >= 11 is 0. The van der Waals surface area contributed by atoms with Gasteiger partial charge in [-0.3, -0.25) is 4.79 Å². The maximum absolute atomic E-state index is 10.5. The fourth-order valence-corrected chi connectivity index (χ4v) is 0.829. The molecule has 2 nitrogen and oxygen atoms in total. The van der Waals surface area contributed by atoms with E-state index in [2.05, 4.69) is 12.2 Å². The molecule has 1 amide bonds. The van der Waals surface area contributed by atoms with Gasteiger partial charge in [-0.25, -0.2) is 0 Å². The molecule has 1 unspecified atom stereocenters. The molecule has 1 N–H and O–H groups in total. The second-order valence-electron chi connectivity index (χ2n) is 2.11. The first-order valence-electron chi connectivity index (χ1n) is 2.95. The topological polar surface area (TPSA) is 29.1 Å². The molecule has 0 spiro atoms. The Labute approximate surface area is 49.3 Å². The van der Waals surface area contributed by atoms with E-state index in [0.717, 1.165) is 6.42 Å². The number of hydrogen-bond acceptors (Lipinski definition) is 1. The molecule has 0 aliphatic carbocycles. The molecule has 0 bridgehead atoms. The van der Waals surface area contributed by atoms with Crippen LogP contribution < -0.4 is 5.32 Å². The van der Waals surface area contributed by atoms with E-state index in [1.807, 2.05) is 6.54 Å². The fourth-order valence-electron chi connectivity index (χ4n) is 0.829. The first kappa shape index (κ1) is 5.60. The lowest BCUT2D eigenvalue weighted by Crippen LogP contribution is -2.09. The number of hydrogen-bond donors (Lipinski definition) is 1. The van der Waals surface area contributed by atoms with Gasteiger partial charge in [-0.05, 0) is 5.92 Å². The molecule has 1 radical (unpaired) electrons. The Bertz CT molecular complexity index is 101. The quantitative estimate of drug-likeness (QED) is 0.531. The maximum atomic E-state index is 10.5. The zero-order chi connectivity index (χ0) is 5.98. The van der Waals surface area contributed by atoms with Crippen LogP contribution in [0.4, 0.5) is 0 Å². The summed E-state index contributed by atoms with van der Waals surface area (Å²) in [6, 6.07) is 0. The van der Waals surface area contributed by atoms with Gasteiger partial charge in [0.25, 0.3) is 0 Å². The van der Waals surface area contributed by atoms with Crippen LogP contribution >= 0.6 is 0 Å². The molecule has 2 heteroatoms. The Morgan fingerprint density at radius 2 is 2.75 bits per heavy atom. The smallest absolute Gasteiger partial charge is 0.220 e. The van der Waals surface area contributed by atoms with Gasteiger partial charge in [-0.2, -0.15) is 0 Å². The zero-order valence-electron chi connectivity index (χ0n) is 4.98. The van der Waals surface area contributed by atoms with E-state index >= 15 is 0 Å². The Kier molecular flexibility index (Phi) is 1.51. The maximum Gasteiger partial charge on any atom is 0.220 e. The van der Waals surface area contributed by atoms with Crippen molar-refractivity contribution in [2.45, 2.75) is 19.8 Å². The Hall–Kier alpha value is -0.530. The highest BCUT2D eigenvalue weighted by Crippen LogP contribution is 2.15. The first-order chi connectivity index (χ1) is 3.83. The highest BCUT2D eigenvalue weighted by molar-refractivity contribution is 5.79. The summed E-state index contributed by atoms with van der Waals surface area (Å²) in [5.41, 5.74) is 0. The van der Waals surface area contributed by atoms with Crippen LogP contribution in [0.1, 0.15) is 19.8 Å². The molecule has 0 aromatic carbocycles. The lowest BCUT2D eigenvalue weighted by atomic mass is 10.1. The van der Waals surface area contributed by atoms with Crippen molar-refractivity contribution in [3.63, 3.8) is 0 Å². The van der Waals surface area contributed by atoms with Gasteiger partial charge in [-0.1, -0.05) is 13.3 Å². The SMILES string of the molecule is CCC1[CH]NC(=O)C1. The minimum atomic E-state index is 0.164. The van der Waals surface area contributed by atoms with Gasteiger partial charge in [0.05, 0.1) is 6.54 Å². The predicted octanol–water partition coefficient (Wildman–Crippen LogP) is 0.694. The monoisotopic (exact) mass is 112 g/mol. The summed E-state index contributed by atoms with van der Waals surface area (Å²) in [6.45, 7) is 3.96. The lowest BCUT2D eigenvalue weighted by Gasteiger charge is -1.96. The third-order valence-corrected chi connectivity index (χ3v) is 1.45. The molecule has 1 atom stereocenters. The molecule has 0 aromatic heterocycles. The highest BCUT2D eigenvalue weighted by Gasteiger charge is 2.19. The van der Waals surface area contributed by atoms with Crippen molar-refractivity contribution >= 4 is 5.91 Å². The standard InChI is InChI=1S/C6H10NO/c1-2-5-3-6(8)7-4-5/h4-5H,2-3H2,1H3,(H,7,8). The minimum Gasteiger partial charge on any atom is -0.351 e. The minimum absolute atomic E-state index is 0.164. The summed E-state index contributed by atoms with van der Waals surface area (Å²) in [7, 11) is 0. The second-order valence-corrected chi connectivity index (χ2v) is 2.11. The molecule has 1 heterocycles. The van der Waals surface area contributed by atoms with E-state index < -0.39 is 0 Å². The predicted molar refractivity (Wildman–Crippen MR) is 30.8 cm³/mol. The molecule has 1 saturated heterocycles. The van der Waals surface area contributed by atoms with E-state index in [0.29, 0.717) is 12.3 Å². The number of carbonyl (C=O) groups excluding carboxylic acids is 1. The van der Waals surface area contributed by atoms with Crippen LogP contribution in [0.3, 0.4) is 0 Å². The van der Waals surface area contributed by atoms with Crippen LogP contribution in [0.25, 0.3) is 0 Å². The fraction of sp³-hybridized carbons (Fsp3) is 0.667. The summed E-state index contributed by atoms with van der Waals surface area (Å²) in [5, 5.41) is 2.66. The van der Waals surface area contributed by atoms with Crippen LogP contribution in [0, 0.1) is 12.5 Å². The van der Waals surface area contributed by atoms with Crippen LogP contribution in [-0.4, -0.2) is 5.91 Å². The molecular formula is C6H10NO. The Balaban J connectivity index is 2.32. The number of amides is 1. The molecule has 1 rings (SSSR count). The van der Waals surface area contributed by atoms with Gasteiger partial charge >= 0.3 is 0 Å². The van der Waals surface area contributed by atoms with Crippen molar-refractivity contribution in [3.05, 3.63) is 6.54 Å². The van der Waals surface area contributed by atoms with Gasteiger partial charge in [0.15, 0.2) is 0 Å². The molecular weight excluding hydrogens is 102 g/mol. The van der Waals surface area contributed by atoms with Crippen molar-refractivity contribution in [3.8, 4) is 0 Å². The molecule has 1 aliphatic rings. The average Bonchev–Trinajstić information content (AvgIpc) is 2.14. The summed E-state index contributed by atoms with van der Waals surface area (Å²) < 4.78 is 0. The van der Waals surface area contributed by atoms with E-state index in [1.165, 1.54) is 0 Å². The third-order valence-electron chi connectivity index (χ3n) is 1.45. The average molecular weight is 112 g/mol. The molecule has 1 fully saturated rings. The van der Waals surface area contributed by atoms with Gasteiger partial charge in [-0.15, -0.1) is 0 Å². The molecule has 0 aromatic rings. The van der Waals surface area contributed by atoms with E-state index in [9.17, 15) is 4.79 Å². The largest absolute Gasteiger partial charge is 0.351 e. The summed E-state index contributed by atoms with van der Waals surface area (Å²) in [5.74, 6) is 0.652. The number of rotatable bonds is 1. The van der Waals surface area contributed by atoms with E-state index in [4.69, 9.17) is 0 Å². The summed E-state index contributed by atoms with van der Waals surface area (Å²) in [6.07, 6.45) is 1.76. The lowest BCUT2D eigenvalue weighted by molar-refractivity contribution is -0.119. The third kappa shape index (κ3) is 0.997. The van der Waals surface area contributed by atoms with Crippen molar-refractivity contribution in [2.75, 3.05) is 0 Å². The Morgan fingerprint density at radius 1 is 2.00 bits per heavy atom. The number of carbonyl (C=O) groups is 1. The van der Waals surface area contributed by atoms with Crippen molar-refractivity contribution < 1.29 is 4.79 Å². The molecule has 1 aliphatic heterocycles. The van der Waals surface area contributed by atoms with Gasteiger partial charge < -0.3 is 5.32 Å². The summed E-state index contributed by atoms with van der Waals surface area (Å²) in [4.78, 5) is 10.5. The normalized spacial score (nSPS) is 28.1. The van der Waals surface area contributed by atoms with Crippen LogP contribution in [0.2, 0.25) is 0 Å². The zero-order valence-corrected chi connectivity index (χ0v) is 4.98. The van der Waals surface area contributed by atoms with Crippen molar-refractivity contribution in [2.24, 2.45) is 5.92 Å². The first-order valence-corrected chi connectivity index (χ1v) is 2.95.